The lowest BCUT2D eigenvalue weighted by atomic mass is 10.1. The van der Waals surface area contributed by atoms with Gasteiger partial charge >= 0.3 is 0 Å². The molecule has 0 heterocycles. The third-order valence-electron chi connectivity index (χ3n) is 2.27. The first-order valence-electron chi connectivity index (χ1n) is 5.02. The molecule has 88 valence electrons. The number of aliphatic hydroxyl groups excluding tert-OH is 1. The van der Waals surface area contributed by atoms with Crippen molar-refractivity contribution in [3.05, 3.63) is 23.8 Å². The van der Waals surface area contributed by atoms with Crippen LogP contribution in [0.3, 0.4) is 0 Å². The summed E-state index contributed by atoms with van der Waals surface area (Å²) in [5.74, 6) is -1.02. The van der Waals surface area contributed by atoms with E-state index >= 15 is 0 Å². The van der Waals surface area contributed by atoms with Crippen LogP contribution in [0.15, 0.2) is 18.2 Å². The molecule has 16 heavy (non-hydrogen) atoms. The van der Waals surface area contributed by atoms with Crippen LogP contribution in [0.25, 0.3) is 0 Å². The zero-order valence-electron chi connectivity index (χ0n) is 9.05. The van der Waals surface area contributed by atoms with Gasteiger partial charge in [0.1, 0.15) is 17.1 Å². The van der Waals surface area contributed by atoms with Crippen LogP contribution in [-0.2, 0) is 0 Å². The maximum atomic E-state index is 11.9. The van der Waals surface area contributed by atoms with E-state index in [9.17, 15) is 15.0 Å². The lowest BCUT2D eigenvalue weighted by Crippen LogP contribution is -2.33. The molecule has 5 heteroatoms. The summed E-state index contributed by atoms with van der Waals surface area (Å²) in [5, 5.41) is 27.8. The van der Waals surface area contributed by atoms with E-state index in [0.29, 0.717) is 6.54 Å². The molecular formula is C11H15NO4. The Morgan fingerprint density at radius 3 is 2.31 bits per heavy atom. The molecule has 0 aliphatic rings. The fraction of sp³-hybridized carbons (Fsp3) is 0.364. The lowest BCUT2D eigenvalue weighted by molar-refractivity contribution is 0.0726. The largest absolute Gasteiger partial charge is 0.507 e. The molecule has 0 radical (unpaired) electrons. The first kappa shape index (κ1) is 12.3. The van der Waals surface area contributed by atoms with Gasteiger partial charge < -0.3 is 20.2 Å². The Morgan fingerprint density at radius 2 is 1.88 bits per heavy atom. The second kappa shape index (κ2) is 5.37. The van der Waals surface area contributed by atoms with Gasteiger partial charge in [-0.2, -0.15) is 0 Å². The molecule has 0 atom stereocenters. The van der Waals surface area contributed by atoms with Gasteiger partial charge in [-0.25, -0.2) is 0 Å². The molecule has 0 aliphatic heterocycles. The number of nitrogens with zero attached hydrogens (tertiary/aromatic N) is 1. The Morgan fingerprint density at radius 1 is 1.31 bits per heavy atom. The predicted molar refractivity (Wildman–Crippen MR) is 58.4 cm³/mol. The summed E-state index contributed by atoms with van der Waals surface area (Å²) in [6, 6.07) is 4.11. The zero-order valence-corrected chi connectivity index (χ0v) is 9.05. The van der Waals surface area contributed by atoms with E-state index in [0.717, 1.165) is 0 Å². The van der Waals surface area contributed by atoms with Crippen LogP contribution in [0.5, 0.6) is 11.5 Å². The van der Waals surface area contributed by atoms with E-state index in [-0.39, 0.29) is 30.2 Å². The molecule has 0 unspecified atom stereocenters. The number of aliphatic hydroxyl groups is 1. The van der Waals surface area contributed by atoms with Crippen LogP contribution in [0, 0.1) is 0 Å². The highest BCUT2D eigenvalue weighted by atomic mass is 16.3. The molecule has 1 aromatic carbocycles. The van der Waals surface area contributed by atoms with Gasteiger partial charge in [0.05, 0.1) is 6.61 Å². The number of carbonyl (C=O) groups is 1. The van der Waals surface area contributed by atoms with Crippen molar-refractivity contribution in [1.82, 2.24) is 4.90 Å². The van der Waals surface area contributed by atoms with Crippen LogP contribution in [0.1, 0.15) is 17.3 Å². The average Bonchev–Trinajstić information content (AvgIpc) is 2.25. The second-order valence-electron chi connectivity index (χ2n) is 3.28. The van der Waals surface area contributed by atoms with Crippen LogP contribution in [-0.4, -0.2) is 45.8 Å². The molecule has 0 aromatic heterocycles. The van der Waals surface area contributed by atoms with Crippen LogP contribution < -0.4 is 0 Å². The van der Waals surface area contributed by atoms with Gasteiger partial charge in [-0.1, -0.05) is 6.07 Å². The van der Waals surface area contributed by atoms with E-state index in [1.54, 1.807) is 6.92 Å². The van der Waals surface area contributed by atoms with Gasteiger partial charge in [0, 0.05) is 13.1 Å². The molecule has 0 spiro atoms. The van der Waals surface area contributed by atoms with Gasteiger partial charge in [-0.05, 0) is 19.1 Å². The highest BCUT2D eigenvalue weighted by Crippen LogP contribution is 2.27. The van der Waals surface area contributed by atoms with E-state index < -0.39 is 5.91 Å². The molecular weight excluding hydrogens is 210 g/mol. The molecule has 0 saturated carbocycles. The molecule has 1 amide bonds. The standard InChI is InChI=1S/C11H15NO4/c1-2-12(6-7-13)11(16)10-8(14)4-3-5-9(10)15/h3-5,13-15H,2,6-7H2,1H3. The summed E-state index contributed by atoms with van der Waals surface area (Å²) in [5.41, 5.74) is -0.127. The third-order valence-corrected chi connectivity index (χ3v) is 2.27. The Hall–Kier alpha value is -1.75. The van der Waals surface area contributed by atoms with Gasteiger partial charge in [0.25, 0.3) is 5.91 Å². The highest BCUT2D eigenvalue weighted by Gasteiger charge is 2.20. The maximum absolute atomic E-state index is 11.9. The first-order chi connectivity index (χ1) is 7.61. The lowest BCUT2D eigenvalue weighted by Gasteiger charge is -2.20. The minimum absolute atomic E-state index is 0.127. The van der Waals surface area contributed by atoms with Crippen molar-refractivity contribution in [3.8, 4) is 11.5 Å². The molecule has 0 fully saturated rings. The minimum atomic E-state index is -0.493. The number of aromatic hydroxyl groups is 2. The number of benzene rings is 1. The van der Waals surface area contributed by atoms with Crippen molar-refractivity contribution in [3.63, 3.8) is 0 Å². The maximum Gasteiger partial charge on any atom is 0.261 e. The van der Waals surface area contributed by atoms with Crippen molar-refractivity contribution >= 4 is 5.91 Å². The molecule has 0 bridgehead atoms. The molecule has 5 nitrogen and oxygen atoms in total. The predicted octanol–water partition coefficient (Wildman–Crippen LogP) is 0.552. The number of hydrogen-bond donors (Lipinski definition) is 3. The number of carbonyl (C=O) groups excluding carboxylic acids is 1. The van der Waals surface area contributed by atoms with E-state index in [1.807, 2.05) is 0 Å². The molecule has 3 N–H and O–H groups in total. The summed E-state index contributed by atoms with van der Waals surface area (Å²) in [7, 11) is 0. The minimum Gasteiger partial charge on any atom is -0.507 e. The van der Waals surface area contributed by atoms with Crippen molar-refractivity contribution in [2.24, 2.45) is 0 Å². The van der Waals surface area contributed by atoms with Crippen molar-refractivity contribution < 1.29 is 20.1 Å². The van der Waals surface area contributed by atoms with E-state index in [1.165, 1.54) is 23.1 Å². The smallest absolute Gasteiger partial charge is 0.261 e. The van der Waals surface area contributed by atoms with Gasteiger partial charge in [0.15, 0.2) is 0 Å². The fourth-order valence-corrected chi connectivity index (χ4v) is 1.43. The van der Waals surface area contributed by atoms with Crippen LogP contribution >= 0.6 is 0 Å². The average molecular weight is 225 g/mol. The van der Waals surface area contributed by atoms with Crippen molar-refractivity contribution in [1.29, 1.82) is 0 Å². The molecule has 1 aromatic rings. The zero-order chi connectivity index (χ0) is 12.1. The number of phenols is 2. The molecule has 0 saturated heterocycles. The topological polar surface area (TPSA) is 81.0 Å². The Balaban J connectivity index is 3.03. The summed E-state index contributed by atoms with van der Waals surface area (Å²) < 4.78 is 0. The summed E-state index contributed by atoms with van der Waals surface area (Å²) in [6.07, 6.45) is 0. The molecule has 1 rings (SSSR count). The number of hydrogen-bond acceptors (Lipinski definition) is 4. The van der Waals surface area contributed by atoms with Gasteiger partial charge in [-0.15, -0.1) is 0 Å². The Kier molecular flexibility index (Phi) is 4.13. The fourth-order valence-electron chi connectivity index (χ4n) is 1.43. The number of phenolic OH excluding ortho intramolecular Hbond substituents is 2. The number of rotatable bonds is 4. The van der Waals surface area contributed by atoms with Crippen molar-refractivity contribution in [2.75, 3.05) is 19.7 Å². The van der Waals surface area contributed by atoms with E-state index in [2.05, 4.69) is 0 Å². The quantitative estimate of drug-likeness (QED) is 0.699. The molecule has 0 aliphatic carbocycles. The first-order valence-corrected chi connectivity index (χ1v) is 5.02. The number of amides is 1. The van der Waals surface area contributed by atoms with Crippen LogP contribution in [0.2, 0.25) is 0 Å². The van der Waals surface area contributed by atoms with Crippen LogP contribution in [0.4, 0.5) is 0 Å². The monoisotopic (exact) mass is 225 g/mol. The van der Waals surface area contributed by atoms with Gasteiger partial charge in [-0.3, -0.25) is 4.79 Å². The summed E-state index contributed by atoms with van der Waals surface area (Å²) >= 11 is 0. The van der Waals surface area contributed by atoms with Crippen molar-refractivity contribution in [2.45, 2.75) is 6.92 Å². The number of likely N-dealkylation sites (N-methyl/N-ethyl adjacent to an activating group) is 1. The SMILES string of the molecule is CCN(CCO)C(=O)c1c(O)cccc1O. The van der Waals surface area contributed by atoms with Gasteiger partial charge in [0.2, 0.25) is 0 Å². The highest BCUT2D eigenvalue weighted by molar-refractivity contribution is 5.99. The Bertz CT molecular complexity index is 358. The third kappa shape index (κ3) is 2.43. The Labute approximate surface area is 93.6 Å². The second-order valence-corrected chi connectivity index (χ2v) is 3.28. The van der Waals surface area contributed by atoms with E-state index in [4.69, 9.17) is 5.11 Å². The summed E-state index contributed by atoms with van der Waals surface area (Å²) in [6.45, 7) is 2.16. The normalized spacial score (nSPS) is 10.1. The summed E-state index contributed by atoms with van der Waals surface area (Å²) in [4.78, 5) is 13.2.